The van der Waals surface area contributed by atoms with Gasteiger partial charge in [-0.3, -0.25) is 0 Å². The van der Waals surface area contributed by atoms with Crippen molar-refractivity contribution < 1.29 is 0 Å². The van der Waals surface area contributed by atoms with Crippen LogP contribution in [-0.4, -0.2) is 12.6 Å². The van der Waals surface area contributed by atoms with E-state index < -0.39 is 0 Å². The van der Waals surface area contributed by atoms with Crippen molar-refractivity contribution in [2.75, 3.05) is 7.05 Å². The highest BCUT2D eigenvalue weighted by molar-refractivity contribution is 5.30. The lowest BCUT2D eigenvalue weighted by molar-refractivity contribution is 0.348. The van der Waals surface area contributed by atoms with E-state index in [1.807, 2.05) is 19.2 Å². The summed E-state index contributed by atoms with van der Waals surface area (Å²) in [6.07, 6.45) is 0. The number of nitrogens with one attached hydrogen (secondary N) is 1. The number of hydrogen-bond acceptors (Lipinski definition) is 2. The van der Waals surface area contributed by atoms with Crippen LogP contribution in [0.25, 0.3) is 0 Å². The predicted molar refractivity (Wildman–Crippen MR) is 61.2 cm³/mol. The second-order valence-corrected chi connectivity index (χ2v) is 4.31. The molecular formula is C12H20N2. The molecule has 78 valence electrons. The SMILES string of the molecule is CNC(C)(C)C(N)c1ccccc1C. The van der Waals surface area contributed by atoms with Crippen LogP contribution in [-0.2, 0) is 0 Å². The van der Waals surface area contributed by atoms with Crippen molar-refractivity contribution in [2.24, 2.45) is 5.73 Å². The normalized spacial score (nSPS) is 14.1. The molecule has 0 aliphatic carbocycles. The number of aryl methyl sites for hydroxylation is 1. The molecule has 0 aliphatic rings. The Balaban J connectivity index is 3.00. The Labute approximate surface area is 86.5 Å². The van der Waals surface area contributed by atoms with E-state index in [1.165, 1.54) is 11.1 Å². The van der Waals surface area contributed by atoms with Crippen LogP contribution in [0, 0.1) is 6.92 Å². The van der Waals surface area contributed by atoms with Crippen molar-refractivity contribution in [3.63, 3.8) is 0 Å². The molecule has 0 amide bonds. The monoisotopic (exact) mass is 192 g/mol. The molecule has 2 heteroatoms. The molecule has 2 nitrogen and oxygen atoms in total. The standard InChI is InChI=1S/C12H20N2/c1-9-7-5-6-8-10(9)11(13)12(2,3)14-4/h5-8,11,14H,13H2,1-4H3. The molecule has 1 unspecified atom stereocenters. The van der Waals surface area contributed by atoms with Crippen LogP contribution in [0.4, 0.5) is 0 Å². The molecule has 0 spiro atoms. The van der Waals surface area contributed by atoms with E-state index in [0.717, 1.165) is 0 Å². The van der Waals surface area contributed by atoms with E-state index in [1.54, 1.807) is 0 Å². The number of likely N-dealkylation sites (N-methyl/N-ethyl adjacent to an activating group) is 1. The molecule has 0 bridgehead atoms. The van der Waals surface area contributed by atoms with E-state index in [4.69, 9.17) is 5.73 Å². The molecule has 14 heavy (non-hydrogen) atoms. The van der Waals surface area contributed by atoms with Crippen molar-refractivity contribution in [3.8, 4) is 0 Å². The zero-order valence-electron chi connectivity index (χ0n) is 9.46. The molecule has 1 atom stereocenters. The first-order valence-electron chi connectivity index (χ1n) is 4.99. The molecule has 0 saturated carbocycles. The highest BCUT2D eigenvalue weighted by atomic mass is 15.0. The quantitative estimate of drug-likeness (QED) is 0.768. The fourth-order valence-corrected chi connectivity index (χ4v) is 1.48. The summed E-state index contributed by atoms with van der Waals surface area (Å²) in [5, 5.41) is 3.24. The Kier molecular flexibility index (Phi) is 3.29. The van der Waals surface area contributed by atoms with Crippen LogP contribution in [0.1, 0.15) is 31.0 Å². The van der Waals surface area contributed by atoms with Crippen LogP contribution in [0.2, 0.25) is 0 Å². The summed E-state index contributed by atoms with van der Waals surface area (Å²) in [5.41, 5.74) is 8.61. The molecule has 0 saturated heterocycles. The summed E-state index contributed by atoms with van der Waals surface area (Å²) in [7, 11) is 1.94. The van der Waals surface area contributed by atoms with Crippen molar-refractivity contribution in [3.05, 3.63) is 35.4 Å². The minimum atomic E-state index is -0.0773. The smallest absolute Gasteiger partial charge is 0.0477 e. The maximum absolute atomic E-state index is 6.22. The van der Waals surface area contributed by atoms with E-state index in [-0.39, 0.29) is 11.6 Å². The first-order chi connectivity index (χ1) is 6.49. The summed E-state index contributed by atoms with van der Waals surface area (Å²) < 4.78 is 0. The zero-order valence-corrected chi connectivity index (χ0v) is 9.46. The molecule has 1 rings (SSSR count). The predicted octanol–water partition coefficient (Wildman–Crippen LogP) is 1.99. The van der Waals surface area contributed by atoms with Crippen molar-refractivity contribution >= 4 is 0 Å². The maximum Gasteiger partial charge on any atom is 0.0477 e. The average molecular weight is 192 g/mol. The lowest BCUT2D eigenvalue weighted by Crippen LogP contribution is -2.46. The zero-order chi connectivity index (χ0) is 10.8. The third kappa shape index (κ3) is 2.14. The lowest BCUT2D eigenvalue weighted by atomic mass is 9.87. The molecule has 0 aliphatic heterocycles. The number of nitrogens with two attached hydrogens (primary N) is 1. The molecule has 0 fully saturated rings. The minimum absolute atomic E-state index is 0.0219. The maximum atomic E-state index is 6.22. The van der Waals surface area contributed by atoms with Gasteiger partial charge in [0.15, 0.2) is 0 Å². The van der Waals surface area contributed by atoms with Gasteiger partial charge in [0.1, 0.15) is 0 Å². The van der Waals surface area contributed by atoms with E-state index in [2.05, 4.69) is 38.2 Å². The molecule has 0 aromatic heterocycles. The first kappa shape index (κ1) is 11.2. The third-order valence-electron chi connectivity index (χ3n) is 2.95. The van der Waals surface area contributed by atoms with Crippen molar-refractivity contribution in [1.29, 1.82) is 0 Å². The second-order valence-electron chi connectivity index (χ2n) is 4.31. The largest absolute Gasteiger partial charge is 0.322 e. The average Bonchev–Trinajstić information content (AvgIpc) is 2.17. The van der Waals surface area contributed by atoms with Crippen molar-refractivity contribution in [1.82, 2.24) is 5.32 Å². The third-order valence-corrected chi connectivity index (χ3v) is 2.95. The molecule has 1 aromatic rings. The molecule has 0 radical (unpaired) electrons. The van der Waals surface area contributed by atoms with Gasteiger partial charge in [0.05, 0.1) is 0 Å². The van der Waals surface area contributed by atoms with Gasteiger partial charge < -0.3 is 11.1 Å². The molecule has 0 heterocycles. The highest BCUT2D eigenvalue weighted by Crippen LogP contribution is 2.24. The summed E-state index contributed by atoms with van der Waals surface area (Å²) in [6.45, 7) is 6.33. The summed E-state index contributed by atoms with van der Waals surface area (Å²) in [5.74, 6) is 0. The number of rotatable bonds is 3. The Bertz CT molecular complexity index is 305. The van der Waals surface area contributed by atoms with Gasteiger partial charge in [-0.05, 0) is 38.9 Å². The van der Waals surface area contributed by atoms with Crippen LogP contribution >= 0.6 is 0 Å². The van der Waals surface area contributed by atoms with Gasteiger partial charge in [-0.2, -0.15) is 0 Å². The van der Waals surface area contributed by atoms with Gasteiger partial charge in [0.25, 0.3) is 0 Å². The van der Waals surface area contributed by atoms with Crippen LogP contribution in [0.15, 0.2) is 24.3 Å². The first-order valence-corrected chi connectivity index (χ1v) is 4.99. The highest BCUT2D eigenvalue weighted by Gasteiger charge is 2.26. The van der Waals surface area contributed by atoms with Gasteiger partial charge in [0.2, 0.25) is 0 Å². The van der Waals surface area contributed by atoms with Gasteiger partial charge in [-0.1, -0.05) is 24.3 Å². The van der Waals surface area contributed by atoms with Gasteiger partial charge >= 0.3 is 0 Å². The van der Waals surface area contributed by atoms with E-state index >= 15 is 0 Å². The molecule has 3 N–H and O–H groups in total. The van der Waals surface area contributed by atoms with Crippen LogP contribution in [0.3, 0.4) is 0 Å². The Morgan fingerprint density at radius 3 is 2.36 bits per heavy atom. The van der Waals surface area contributed by atoms with Crippen molar-refractivity contribution in [2.45, 2.75) is 32.4 Å². The fraction of sp³-hybridized carbons (Fsp3) is 0.500. The Morgan fingerprint density at radius 2 is 1.86 bits per heavy atom. The van der Waals surface area contributed by atoms with Gasteiger partial charge in [-0.15, -0.1) is 0 Å². The van der Waals surface area contributed by atoms with E-state index in [9.17, 15) is 0 Å². The summed E-state index contributed by atoms with van der Waals surface area (Å²) in [6, 6.07) is 8.29. The number of hydrogen-bond donors (Lipinski definition) is 2. The van der Waals surface area contributed by atoms with Crippen LogP contribution < -0.4 is 11.1 Å². The van der Waals surface area contributed by atoms with Gasteiger partial charge in [0, 0.05) is 11.6 Å². The summed E-state index contributed by atoms with van der Waals surface area (Å²) >= 11 is 0. The molecule has 1 aromatic carbocycles. The van der Waals surface area contributed by atoms with Crippen LogP contribution in [0.5, 0.6) is 0 Å². The number of benzene rings is 1. The van der Waals surface area contributed by atoms with Gasteiger partial charge in [-0.25, -0.2) is 0 Å². The Hall–Kier alpha value is -0.860. The fourth-order valence-electron chi connectivity index (χ4n) is 1.48. The minimum Gasteiger partial charge on any atom is -0.322 e. The summed E-state index contributed by atoms with van der Waals surface area (Å²) in [4.78, 5) is 0. The van der Waals surface area contributed by atoms with E-state index in [0.29, 0.717) is 0 Å². The molecular weight excluding hydrogens is 172 g/mol. The Morgan fingerprint density at radius 1 is 1.29 bits per heavy atom. The second kappa shape index (κ2) is 4.11. The topological polar surface area (TPSA) is 38.0 Å². The lowest BCUT2D eigenvalue weighted by Gasteiger charge is -2.32.